The zero-order chi connectivity index (χ0) is 13.7. The highest BCUT2D eigenvalue weighted by molar-refractivity contribution is 5.92. The minimum atomic E-state index is 0.206. The molecule has 1 N–H and O–H groups in total. The molecule has 1 aliphatic rings. The molecule has 0 radical (unpaired) electrons. The van der Waals surface area contributed by atoms with Gasteiger partial charge in [0.25, 0.3) is 0 Å². The Morgan fingerprint density at radius 2 is 2.26 bits per heavy atom. The van der Waals surface area contributed by atoms with E-state index in [2.05, 4.69) is 11.4 Å². The fraction of sp³-hybridized carbons (Fsp3) is 0.562. The molecule has 1 unspecified atom stereocenters. The van der Waals surface area contributed by atoms with Crippen molar-refractivity contribution in [3.05, 3.63) is 29.8 Å². The monoisotopic (exact) mass is 260 g/mol. The van der Waals surface area contributed by atoms with Gasteiger partial charge in [0.2, 0.25) is 5.91 Å². The first kappa shape index (κ1) is 14.1. The van der Waals surface area contributed by atoms with Crippen LogP contribution >= 0.6 is 0 Å². The Bertz CT molecular complexity index is 425. The van der Waals surface area contributed by atoms with E-state index in [1.165, 1.54) is 24.8 Å². The molecule has 1 aromatic carbocycles. The van der Waals surface area contributed by atoms with Gasteiger partial charge in [0.1, 0.15) is 0 Å². The number of nitrogens with zero attached hydrogens (tertiary/aromatic N) is 1. The molecule has 0 bridgehead atoms. The first-order chi connectivity index (χ1) is 9.16. The van der Waals surface area contributed by atoms with Crippen LogP contribution in [0.1, 0.15) is 37.7 Å². The molecule has 0 saturated carbocycles. The molecule has 1 amide bonds. The van der Waals surface area contributed by atoms with Crippen LogP contribution in [-0.4, -0.2) is 25.5 Å². The fourth-order valence-corrected chi connectivity index (χ4v) is 2.62. The van der Waals surface area contributed by atoms with Crippen molar-refractivity contribution in [1.82, 2.24) is 5.32 Å². The number of amides is 1. The van der Waals surface area contributed by atoms with Crippen molar-refractivity contribution in [3.8, 4) is 0 Å². The van der Waals surface area contributed by atoms with Gasteiger partial charge in [-0.05, 0) is 50.4 Å². The van der Waals surface area contributed by atoms with E-state index >= 15 is 0 Å². The van der Waals surface area contributed by atoms with Crippen LogP contribution in [0.4, 0.5) is 5.69 Å². The third kappa shape index (κ3) is 4.06. The summed E-state index contributed by atoms with van der Waals surface area (Å²) in [4.78, 5) is 14.0. The van der Waals surface area contributed by atoms with Crippen molar-refractivity contribution in [2.24, 2.45) is 0 Å². The molecule has 104 valence electrons. The van der Waals surface area contributed by atoms with Gasteiger partial charge in [-0.1, -0.05) is 18.6 Å². The predicted octanol–water partition coefficient (Wildman–Crippen LogP) is 2.88. The van der Waals surface area contributed by atoms with Gasteiger partial charge >= 0.3 is 0 Å². The van der Waals surface area contributed by atoms with Gasteiger partial charge in [-0.2, -0.15) is 0 Å². The minimum absolute atomic E-state index is 0.206. The summed E-state index contributed by atoms with van der Waals surface area (Å²) in [5, 5.41) is 3.49. The fourth-order valence-electron chi connectivity index (χ4n) is 2.62. The van der Waals surface area contributed by atoms with Crippen molar-refractivity contribution in [1.29, 1.82) is 0 Å². The van der Waals surface area contributed by atoms with E-state index in [9.17, 15) is 4.79 Å². The molecular formula is C16H24N2O. The van der Waals surface area contributed by atoms with Crippen molar-refractivity contribution in [2.45, 2.75) is 45.1 Å². The molecule has 3 heteroatoms. The molecule has 1 fully saturated rings. The minimum Gasteiger partial charge on any atom is -0.315 e. The molecule has 1 aliphatic heterocycles. The van der Waals surface area contributed by atoms with Crippen LogP contribution in [-0.2, 0) is 4.79 Å². The van der Waals surface area contributed by atoms with E-state index in [0.29, 0.717) is 12.5 Å². The van der Waals surface area contributed by atoms with Gasteiger partial charge in [0, 0.05) is 25.2 Å². The van der Waals surface area contributed by atoms with Gasteiger partial charge in [0.05, 0.1) is 0 Å². The van der Waals surface area contributed by atoms with Crippen LogP contribution in [0.15, 0.2) is 24.3 Å². The topological polar surface area (TPSA) is 32.3 Å². The predicted molar refractivity (Wildman–Crippen MR) is 79.5 cm³/mol. The second-order valence-electron chi connectivity index (χ2n) is 5.48. The third-order valence-electron chi connectivity index (χ3n) is 3.88. The number of aryl methyl sites for hydroxylation is 1. The first-order valence-corrected chi connectivity index (χ1v) is 7.23. The average molecular weight is 260 g/mol. The highest BCUT2D eigenvalue weighted by Gasteiger charge is 2.16. The summed E-state index contributed by atoms with van der Waals surface area (Å²) in [6, 6.07) is 8.62. The van der Waals surface area contributed by atoms with E-state index in [0.717, 1.165) is 18.7 Å². The maximum atomic E-state index is 12.2. The molecule has 0 aliphatic carbocycles. The maximum Gasteiger partial charge on any atom is 0.226 e. The van der Waals surface area contributed by atoms with Gasteiger partial charge in [-0.15, -0.1) is 0 Å². The van der Waals surface area contributed by atoms with E-state index in [4.69, 9.17) is 0 Å². The Morgan fingerprint density at radius 3 is 2.95 bits per heavy atom. The highest BCUT2D eigenvalue weighted by atomic mass is 16.2. The Hall–Kier alpha value is -1.35. The number of benzene rings is 1. The molecule has 0 aromatic heterocycles. The van der Waals surface area contributed by atoms with E-state index in [-0.39, 0.29) is 5.91 Å². The number of hydrogen-bond donors (Lipinski definition) is 1. The van der Waals surface area contributed by atoms with E-state index in [1.54, 1.807) is 4.90 Å². The molecule has 1 saturated heterocycles. The Labute approximate surface area is 116 Å². The molecule has 2 rings (SSSR count). The summed E-state index contributed by atoms with van der Waals surface area (Å²) in [5.74, 6) is 0.206. The number of anilines is 1. The molecular weight excluding hydrogens is 236 g/mol. The van der Waals surface area contributed by atoms with Crippen LogP contribution in [0.2, 0.25) is 0 Å². The number of rotatable bonds is 4. The summed E-state index contributed by atoms with van der Waals surface area (Å²) in [6.45, 7) is 3.15. The first-order valence-electron chi connectivity index (χ1n) is 7.23. The Morgan fingerprint density at radius 1 is 1.42 bits per heavy atom. The second-order valence-corrected chi connectivity index (χ2v) is 5.48. The van der Waals surface area contributed by atoms with Crippen molar-refractivity contribution in [2.75, 3.05) is 18.5 Å². The SMILES string of the molecule is Cc1cccc(N(C)C(=O)CCC2CCCCN2)c1. The summed E-state index contributed by atoms with van der Waals surface area (Å²) in [6.07, 6.45) is 5.35. The molecule has 1 heterocycles. The molecule has 0 spiro atoms. The van der Waals surface area contributed by atoms with Crippen molar-refractivity contribution in [3.63, 3.8) is 0 Å². The Kier molecular flexibility index (Phi) is 4.97. The second kappa shape index (κ2) is 6.71. The zero-order valence-corrected chi connectivity index (χ0v) is 12.0. The lowest BCUT2D eigenvalue weighted by Crippen LogP contribution is -2.35. The lowest BCUT2D eigenvalue weighted by atomic mass is 10.0. The quantitative estimate of drug-likeness (QED) is 0.903. The smallest absolute Gasteiger partial charge is 0.226 e. The lowest BCUT2D eigenvalue weighted by Gasteiger charge is -2.24. The van der Waals surface area contributed by atoms with Crippen LogP contribution in [0.5, 0.6) is 0 Å². The standard InChI is InChI=1S/C16H24N2O/c1-13-6-5-8-15(12-13)18(2)16(19)10-9-14-7-3-4-11-17-14/h5-6,8,12,14,17H,3-4,7,9-11H2,1-2H3. The van der Waals surface area contributed by atoms with Gasteiger partial charge < -0.3 is 10.2 Å². The normalized spacial score (nSPS) is 19.2. The number of carbonyl (C=O) groups excluding carboxylic acids is 1. The van der Waals surface area contributed by atoms with Gasteiger partial charge in [0.15, 0.2) is 0 Å². The number of piperidine rings is 1. The van der Waals surface area contributed by atoms with Crippen molar-refractivity contribution >= 4 is 11.6 Å². The van der Waals surface area contributed by atoms with Gasteiger partial charge in [-0.3, -0.25) is 4.79 Å². The highest BCUT2D eigenvalue weighted by Crippen LogP contribution is 2.17. The molecule has 1 aromatic rings. The zero-order valence-electron chi connectivity index (χ0n) is 12.0. The average Bonchev–Trinajstić information content (AvgIpc) is 2.45. The lowest BCUT2D eigenvalue weighted by molar-refractivity contribution is -0.118. The number of nitrogens with one attached hydrogen (secondary N) is 1. The molecule has 19 heavy (non-hydrogen) atoms. The summed E-state index contributed by atoms with van der Waals surface area (Å²) in [7, 11) is 1.87. The van der Waals surface area contributed by atoms with Gasteiger partial charge in [-0.25, -0.2) is 0 Å². The Balaban J connectivity index is 1.85. The molecule has 3 nitrogen and oxygen atoms in total. The largest absolute Gasteiger partial charge is 0.315 e. The number of carbonyl (C=O) groups is 1. The van der Waals surface area contributed by atoms with E-state index in [1.807, 2.05) is 32.2 Å². The summed E-state index contributed by atoms with van der Waals surface area (Å²) in [5.41, 5.74) is 2.17. The van der Waals surface area contributed by atoms with Crippen LogP contribution in [0.25, 0.3) is 0 Å². The van der Waals surface area contributed by atoms with Crippen LogP contribution in [0, 0.1) is 6.92 Å². The molecule has 1 atom stereocenters. The number of hydrogen-bond acceptors (Lipinski definition) is 2. The third-order valence-corrected chi connectivity index (χ3v) is 3.88. The summed E-state index contributed by atoms with van der Waals surface area (Å²) >= 11 is 0. The van der Waals surface area contributed by atoms with Crippen LogP contribution in [0.3, 0.4) is 0 Å². The summed E-state index contributed by atoms with van der Waals surface area (Å²) < 4.78 is 0. The maximum absolute atomic E-state index is 12.2. The van der Waals surface area contributed by atoms with Crippen LogP contribution < -0.4 is 10.2 Å². The van der Waals surface area contributed by atoms with Crippen molar-refractivity contribution < 1.29 is 4.79 Å². The van der Waals surface area contributed by atoms with E-state index < -0.39 is 0 Å².